The lowest BCUT2D eigenvalue weighted by Crippen LogP contribution is -2.55. The molecule has 192 valence electrons. The molecule has 2 aromatic rings. The van der Waals surface area contributed by atoms with E-state index in [0.29, 0.717) is 6.42 Å². The number of nitrogens with one attached hydrogen (secondary N) is 1. The second-order valence-corrected chi connectivity index (χ2v) is 11.5. The van der Waals surface area contributed by atoms with Crippen molar-refractivity contribution in [1.82, 2.24) is 14.5 Å². The van der Waals surface area contributed by atoms with Crippen LogP contribution in [0.15, 0.2) is 54.6 Å². The molecule has 0 aliphatic rings. The Morgan fingerprint density at radius 1 is 1.00 bits per heavy atom. The Morgan fingerprint density at radius 3 is 2.09 bits per heavy atom. The van der Waals surface area contributed by atoms with Crippen LogP contribution in [-0.4, -0.2) is 61.7 Å². The molecule has 8 nitrogen and oxygen atoms in total. The summed E-state index contributed by atoms with van der Waals surface area (Å²) in [5, 5.41) is 2.90. The van der Waals surface area contributed by atoms with E-state index in [4.69, 9.17) is 0 Å². The first-order chi connectivity index (χ1) is 16.3. The average Bonchev–Trinajstić information content (AvgIpc) is 2.77. The van der Waals surface area contributed by atoms with Crippen LogP contribution in [0.2, 0.25) is 0 Å². The fraction of sp³-hybridized carbons (Fsp3) is 0.440. The molecule has 10 heteroatoms. The van der Waals surface area contributed by atoms with Crippen LogP contribution in [0.1, 0.15) is 39.7 Å². The average molecular weight is 507 g/mol. The topological polar surface area (TPSA) is 90.0 Å². The van der Waals surface area contributed by atoms with Gasteiger partial charge < -0.3 is 10.2 Å². The zero-order valence-electron chi connectivity index (χ0n) is 21.2. The number of anilines is 1. The lowest BCUT2D eigenvalue weighted by atomic mass is 10.1. The summed E-state index contributed by atoms with van der Waals surface area (Å²) in [6, 6.07) is 13.6. The number of nitrogens with zero attached hydrogens (tertiary/aromatic N) is 3. The van der Waals surface area contributed by atoms with Gasteiger partial charge in [-0.05, 0) is 44.9 Å². The molecule has 0 aliphatic heterocycles. The fourth-order valence-electron chi connectivity index (χ4n) is 3.51. The van der Waals surface area contributed by atoms with Gasteiger partial charge in [0.05, 0.1) is 5.69 Å². The highest BCUT2D eigenvalue weighted by molar-refractivity contribution is 7.90. The van der Waals surface area contributed by atoms with E-state index in [1.165, 1.54) is 37.2 Å². The quantitative estimate of drug-likeness (QED) is 0.536. The van der Waals surface area contributed by atoms with Crippen LogP contribution in [0.3, 0.4) is 0 Å². The van der Waals surface area contributed by atoms with Crippen molar-refractivity contribution in [2.75, 3.05) is 24.9 Å². The minimum atomic E-state index is -4.22. The summed E-state index contributed by atoms with van der Waals surface area (Å²) in [7, 11) is -1.61. The van der Waals surface area contributed by atoms with Crippen molar-refractivity contribution in [3.8, 4) is 0 Å². The third kappa shape index (κ3) is 7.50. The lowest BCUT2D eigenvalue weighted by molar-refractivity contribution is -0.141. The summed E-state index contributed by atoms with van der Waals surface area (Å²) >= 11 is 0. The molecule has 2 rings (SSSR count). The van der Waals surface area contributed by atoms with Crippen LogP contribution in [0.25, 0.3) is 0 Å². The van der Waals surface area contributed by atoms with Gasteiger partial charge in [0.1, 0.15) is 18.4 Å². The third-order valence-electron chi connectivity index (χ3n) is 5.22. The molecule has 0 aliphatic carbocycles. The monoisotopic (exact) mass is 506 g/mol. The first kappa shape index (κ1) is 28.3. The van der Waals surface area contributed by atoms with E-state index in [-0.39, 0.29) is 18.1 Å². The van der Waals surface area contributed by atoms with Crippen molar-refractivity contribution in [2.45, 2.75) is 52.2 Å². The van der Waals surface area contributed by atoms with Gasteiger partial charge in [0, 0.05) is 26.2 Å². The Bertz CT molecular complexity index is 1120. The van der Waals surface area contributed by atoms with E-state index in [2.05, 4.69) is 5.32 Å². The molecule has 0 aromatic heterocycles. The van der Waals surface area contributed by atoms with E-state index >= 15 is 0 Å². The molecule has 0 unspecified atom stereocenters. The zero-order chi connectivity index (χ0) is 26.4. The van der Waals surface area contributed by atoms with Gasteiger partial charge in [-0.3, -0.25) is 9.59 Å². The second-order valence-electron chi connectivity index (χ2n) is 9.42. The van der Waals surface area contributed by atoms with Gasteiger partial charge in [-0.1, -0.05) is 49.4 Å². The summed E-state index contributed by atoms with van der Waals surface area (Å²) in [6.45, 7) is 6.71. The largest absolute Gasteiger partial charge is 0.350 e. The summed E-state index contributed by atoms with van der Waals surface area (Å²) < 4.78 is 42.5. The summed E-state index contributed by atoms with van der Waals surface area (Å²) in [4.78, 5) is 28.2. The molecule has 0 saturated heterocycles. The molecule has 0 bridgehead atoms. The first-order valence-corrected chi connectivity index (χ1v) is 12.8. The number of rotatable bonds is 10. The van der Waals surface area contributed by atoms with Crippen LogP contribution in [0.4, 0.5) is 10.1 Å². The smallest absolute Gasteiger partial charge is 0.304 e. The molecule has 0 heterocycles. The molecule has 2 amide bonds. The number of carbonyl (C=O) groups is 2. The predicted octanol–water partition coefficient (Wildman–Crippen LogP) is 3.16. The number of para-hydroxylation sites is 1. The van der Waals surface area contributed by atoms with Gasteiger partial charge in [0.25, 0.3) is 0 Å². The molecule has 2 aromatic carbocycles. The standard InChI is InChI=1S/C25H35FN4O4S/c1-7-21(24(32)27-25(2,3)4)29(17-19-13-9-8-10-14-19)23(31)18-30(35(33,34)28(5)6)22-16-12-11-15-20(22)26/h8-16,21H,7,17-18H2,1-6H3,(H,27,32)/t21-/m0/s1. The normalized spacial score (nSPS) is 12.8. The van der Waals surface area contributed by atoms with E-state index < -0.39 is 40.1 Å². The molecule has 1 atom stereocenters. The summed E-state index contributed by atoms with van der Waals surface area (Å²) in [5.74, 6) is -1.76. The van der Waals surface area contributed by atoms with Gasteiger partial charge in [-0.15, -0.1) is 0 Å². The van der Waals surface area contributed by atoms with Crippen molar-refractivity contribution in [1.29, 1.82) is 0 Å². The van der Waals surface area contributed by atoms with Gasteiger partial charge in [-0.2, -0.15) is 12.7 Å². The highest BCUT2D eigenvalue weighted by atomic mass is 32.2. The van der Waals surface area contributed by atoms with Gasteiger partial charge >= 0.3 is 10.2 Å². The van der Waals surface area contributed by atoms with Crippen molar-refractivity contribution in [3.63, 3.8) is 0 Å². The predicted molar refractivity (Wildman–Crippen MR) is 135 cm³/mol. The van der Waals surface area contributed by atoms with Crippen LogP contribution in [0.5, 0.6) is 0 Å². The number of benzene rings is 2. The number of hydrogen-bond acceptors (Lipinski definition) is 4. The zero-order valence-corrected chi connectivity index (χ0v) is 22.0. The fourth-order valence-corrected chi connectivity index (χ4v) is 4.57. The summed E-state index contributed by atoms with van der Waals surface area (Å²) in [5.41, 5.74) is -0.00318. The lowest BCUT2D eigenvalue weighted by Gasteiger charge is -2.35. The van der Waals surface area contributed by atoms with E-state index in [0.717, 1.165) is 20.2 Å². The molecule has 0 fully saturated rings. The highest BCUT2D eigenvalue weighted by Gasteiger charge is 2.35. The maximum absolute atomic E-state index is 14.7. The second kappa shape index (κ2) is 11.6. The molecule has 35 heavy (non-hydrogen) atoms. The maximum Gasteiger partial charge on any atom is 0.304 e. The van der Waals surface area contributed by atoms with Crippen molar-refractivity contribution >= 4 is 27.7 Å². The van der Waals surface area contributed by atoms with Gasteiger partial charge in [0.2, 0.25) is 11.8 Å². The van der Waals surface area contributed by atoms with Crippen molar-refractivity contribution in [2.24, 2.45) is 0 Å². The Labute approximate surface area is 207 Å². The Morgan fingerprint density at radius 2 is 1.57 bits per heavy atom. The summed E-state index contributed by atoms with van der Waals surface area (Å²) in [6.07, 6.45) is 0.306. The Hall–Kier alpha value is -2.98. The molecule has 1 N–H and O–H groups in total. The van der Waals surface area contributed by atoms with Crippen molar-refractivity contribution < 1.29 is 22.4 Å². The molecule has 0 spiro atoms. The van der Waals surface area contributed by atoms with Crippen LogP contribution in [-0.2, 0) is 26.3 Å². The molecule has 0 radical (unpaired) electrons. The van der Waals surface area contributed by atoms with Gasteiger partial charge in [0.15, 0.2) is 0 Å². The minimum absolute atomic E-state index is 0.0862. The number of carbonyl (C=O) groups excluding carboxylic acids is 2. The van der Waals surface area contributed by atoms with Crippen LogP contribution >= 0.6 is 0 Å². The number of amides is 2. The molecular weight excluding hydrogens is 471 g/mol. The van der Waals surface area contributed by atoms with Crippen LogP contribution < -0.4 is 9.62 Å². The van der Waals surface area contributed by atoms with Crippen LogP contribution in [0, 0.1) is 5.82 Å². The van der Waals surface area contributed by atoms with Gasteiger partial charge in [-0.25, -0.2) is 8.70 Å². The minimum Gasteiger partial charge on any atom is -0.350 e. The van der Waals surface area contributed by atoms with Crippen molar-refractivity contribution in [3.05, 3.63) is 66.0 Å². The maximum atomic E-state index is 14.7. The third-order valence-corrected chi connectivity index (χ3v) is 7.03. The SMILES string of the molecule is CC[C@@H](C(=O)NC(C)(C)C)N(Cc1ccccc1)C(=O)CN(c1ccccc1F)S(=O)(=O)N(C)C. The van der Waals surface area contributed by atoms with E-state index in [1.807, 2.05) is 51.1 Å². The molecule has 0 saturated carbocycles. The Kier molecular flexibility index (Phi) is 9.39. The molecular formula is C25H35FN4O4S. The number of hydrogen-bond donors (Lipinski definition) is 1. The Balaban J connectivity index is 2.51. The number of halogens is 1. The highest BCUT2D eigenvalue weighted by Crippen LogP contribution is 2.24. The van der Waals surface area contributed by atoms with E-state index in [9.17, 15) is 22.4 Å². The van der Waals surface area contributed by atoms with E-state index in [1.54, 1.807) is 6.92 Å². The first-order valence-electron chi connectivity index (χ1n) is 11.4.